The lowest BCUT2D eigenvalue weighted by Gasteiger charge is -2.26. The van der Waals surface area contributed by atoms with Gasteiger partial charge in [0, 0.05) is 25.0 Å². The Bertz CT molecular complexity index is 936. The standard InChI is InChI=1S/C24H25N3O2/c28-24(27-13-5-2-6-14-27)20-15-22(17-25-16-20)26-21-9-11-23(12-10-21)29-18-19-7-3-1-4-8-19/h1,3-4,7-12,15-17,26H,2,5-6,13-14,18H2. The predicted molar refractivity (Wildman–Crippen MR) is 114 cm³/mol. The number of piperidine rings is 1. The second kappa shape index (κ2) is 9.24. The van der Waals surface area contributed by atoms with Crippen LogP contribution in [0.3, 0.4) is 0 Å². The fourth-order valence-electron chi connectivity index (χ4n) is 3.45. The molecule has 1 fully saturated rings. The van der Waals surface area contributed by atoms with Gasteiger partial charge >= 0.3 is 0 Å². The van der Waals surface area contributed by atoms with E-state index in [1.165, 1.54) is 6.42 Å². The summed E-state index contributed by atoms with van der Waals surface area (Å²) in [5.74, 6) is 0.872. The van der Waals surface area contributed by atoms with Crippen LogP contribution in [-0.2, 0) is 6.61 Å². The Kier molecular flexibility index (Phi) is 6.05. The molecule has 1 N–H and O–H groups in total. The molecule has 29 heavy (non-hydrogen) atoms. The summed E-state index contributed by atoms with van der Waals surface area (Å²) >= 11 is 0. The number of aromatic nitrogens is 1. The van der Waals surface area contributed by atoms with Gasteiger partial charge in [0.05, 0.1) is 17.4 Å². The summed E-state index contributed by atoms with van der Waals surface area (Å²) in [7, 11) is 0. The Hall–Kier alpha value is -3.34. The van der Waals surface area contributed by atoms with Gasteiger partial charge in [-0.05, 0) is 55.2 Å². The maximum Gasteiger partial charge on any atom is 0.255 e. The summed E-state index contributed by atoms with van der Waals surface area (Å²) in [5.41, 5.74) is 3.47. The monoisotopic (exact) mass is 387 g/mol. The van der Waals surface area contributed by atoms with E-state index in [0.717, 1.165) is 48.6 Å². The molecule has 1 saturated heterocycles. The number of nitrogens with zero attached hydrogens (tertiary/aromatic N) is 2. The fourth-order valence-corrected chi connectivity index (χ4v) is 3.45. The molecule has 3 aromatic rings. The highest BCUT2D eigenvalue weighted by atomic mass is 16.5. The topological polar surface area (TPSA) is 54.5 Å². The van der Waals surface area contributed by atoms with Crippen LogP contribution in [0.1, 0.15) is 35.2 Å². The van der Waals surface area contributed by atoms with Gasteiger partial charge in [-0.3, -0.25) is 9.78 Å². The summed E-state index contributed by atoms with van der Waals surface area (Å²) in [4.78, 5) is 18.8. The zero-order chi connectivity index (χ0) is 19.9. The second-order valence-corrected chi connectivity index (χ2v) is 7.24. The molecule has 1 amide bonds. The maximum atomic E-state index is 12.7. The molecule has 0 saturated carbocycles. The first-order chi connectivity index (χ1) is 14.3. The summed E-state index contributed by atoms with van der Waals surface area (Å²) in [5, 5.41) is 3.31. The Morgan fingerprint density at radius 1 is 0.931 bits per heavy atom. The summed E-state index contributed by atoms with van der Waals surface area (Å²) in [6.07, 6.45) is 6.73. The van der Waals surface area contributed by atoms with Crippen LogP contribution >= 0.6 is 0 Å². The van der Waals surface area contributed by atoms with E-state index in [2.05, 4.69) is 10.3 Å². The summed E-state index contributed by atoms with van der Waals surface area (Å²) in [6.45, 7) is 2.21. The van der Waals surface area contributed by atoms with Crippen LogP contribution in [0.15, 0.2) is 73.1 Å². The van der Waals surface area contributed by atoms with Crippen molar-refractivity contribution in [2.45, 2.75) is 25.9 Å². The third-order valence-electron chi connectivity index (χ3n) is 5.02. The molecule has 1 aliphatic heterocycles. The van der Waals surface area contributed by atoms with Crippen molar-refractivity contribution in [1.82, 2.24) is 9.88 Å². The van der Waals surface area contributed by atoms with Crippen molar-refractivity contribution in [3.8, 4) is 5.75 Å². The van der Waals surface area contributed by atoms with E-state index in [-0.39, 0.29) is 5.91 Å². The van der Waals surface area contributed by atoms with Gasteiger partial charge in [0.2, 0.25) is 0 Å². The molecule has 0 unspecified atom stereocenters. The van der Waals surface area contributed by atoms with E-state index in [4.69, 9.17) is 4.74 Å². The average molecular weight is 387 g/mol. The van der Waals surface area contributed by atoms with Crippen molar-refractivity contribution in [3.63, 3.8) is 0 Å². The first kappa shape index (κ1) is 19.0. The van der Waals surface area contributed by atoms with Crippen LogP contribution in [0.4, 0.5) is 11.4 Å². The molecule has 1 aliphatic rings. The fraction of sp³-hybridized carbons (Fsp3) is 0.250. The Balaban J connectivity index is 1.37. The molecule has 0 radical (unpaired) electrons. The second-order valence-electron chi connectivity index (χ2n) is 7.24. The summed E-state index contributed by atoms with van der Waals surface area (Å²) < 4.78 is 5.82. The third-order valence-corrected chi connectivity index (χ3v) is 5.02. The number of amides is 1. The van der Waals surface area contributed by atoms with E-state index in [9.17, 15) is 4.79 Å². The number of rotatable bonds is 6. The molecule has 0 atom stereocenters. The molecule has 148 valence electrons. The van der Waals surface area contributed by atoms with Crippen molar-refractivity contribution < 1.29 is 9.53 Å². The highest BCUT2D eigenvalue weighted by molar-refractivity contribution is 5.95. The Labute approximate surface area is 171 Å². The molecular weight excluding hydrogens is 362 g/mol. The maximum absolute atomic E-state index is 12.7. The quantitative estimate of drug-likeness (QED) is 0.644. The van der Waals surface area contributed by atoms with E-state index in [1.54, 1.807) is 12.4 Å². The van der Waals surface area contributed by atoms with Gasteiger partial charge in [-0.1, -0.05) is 30.3 Å². The van der Waals surface area contributed by atoms with Crippen molar-refractivity contribution in [1.29, 1.82) is 0 Å². The van der Waals surface area contributed by atoms with Gasteiger partial charge in [0.15, 0.2) is 0 Å². The number of ether oxygens (including phenoxy) is 1. The number of pyridine rings is 1. The lowest BCUT2D eigenvalue weighted by molar-refractivity contribution is 0.0724. The van der Waals surface area contributed by atoms with Gasteiger partial charge < -0.3 is 15.0 Å². The van der Waals surface area contributed by atoms with Crippen LogP contribution in [0, 0.1) is 0 Å². The average Bonchev–Trinajstić information content (AvgIpc) is 2.79. The highest BCUT2D eigenvalue weighted by Crippen LogP contribution is 2.22. The van der Waals surface area contributed by atoms with Crippen LogP contribution < -0.4 is 10.1 Å². The van der Waals surface area contributed by atoms with E-state index in [1.807, 2.05) is 65.6 Å². The zero-order valence-corrected chi connectivity index (χ0v) is 16.4. The lowest BCUT2D eigenvalue weighted by Crippen LogP contribution is -2.35. The molecule has 2 heterocycles. The number of hydrogen-bond donors (Lipinski definition) is 1. The SMILES string of the molecule is O=C(c1cncc(Nc2ccc(OCc3ccccc3)cc2)c1)N1CCCCC1. The number of likely N-dealkylation sites (tertiary alicyclic amines) is 1. The normalized spacial score (nSPS) is 13.7. The number of anilines is 2. The van der Waals surface area contributed by atoms with Crippen molar-refractivity contribution in [2.75, 3.05) is 18.4 Å². The predicted octanol–water partition coefficient (Wildman–Crippen LogP) is 5.03. The third kappa shape index (κ3) is 5.13. The first-order valence-electron chi connectivity index (χ1n) is 10.1. The van der Waals surface area contributed by atoms with Gasteiger partial charge in [0.1, 0.15) is 12.4 Å². The highest BCUT2D eigenvalue weighted by Gasteiger charge is 2.18. The van der Waals surface area contributed by atoms with E-state index >= 15 is 0 Å². The van der Waals surface area contributed by atoms with Crippen molar-refractivity contribution in [2.24, 2.45) is 0 Å². The molecule has 0 spiro atoms. The number of benzene rings is 2. The van der Waals surface area contributed by atoms with Crippen LogP contribution in [0.5, 0.6) is 5.75 Å². The minimum absolute atomic E-state index is 0.0607. The first-order valence-corrected chi connectivity index (χ1v) is 10.1. The number of hydrogen-bond acceptors (Lipinski definition) is 4. The van der Waals surface area contributed by atoms with Crippen molar-refractivity contribution in [3.05, 3.63) is 84.2 Å². The van der Waals surface area contributed by atoms with Crippen LogP contribution in [0.25, 0.3) is 0 Å². The molecule has 1 aromatic heterocycles. The van der Waals surface area contributed by atoms with E-state index in [0.29, 0.717) is 12.2 Å². The van der Waals surface area contributed by atoms with Gasteiger partial charge in [0.25, 0.3) is 5.91 Å². The molecule has 0 aliphatic carbocycles. The largest absolute Gasteiger partial charge is 0.489 e. The van der Waals surface area contributed by atoms with Crippen molar-refractivity contribution >= 4 is 17.3 Å². The smallest absolute Gasteiger partial charge is 0.255 e. The Morgan fingerprint density at radius 3 is 2.45 bits per heavy atom. The summed E-state index contributed by atoms with van der Waals surface area (Å²) in [6, 6.07) is 19.7. The van der Waals surface area contributed by atoms with Crippen LogP contribution in [0.2, 0.25) is 0 Å². The van der Waals surface area contributed by atoms with Gasteiger partial charge in [-0.2, -0.15) is 0 Å². The minimum atomic E-state index is 0.0607. The Morgan fingerprint density at radius 2 is 1.69 bits per heavy atom. The zero-order valence-electron chi connectivity index (χ0n) is 16.4. The minimum Gasteiger partial charge on any atom is -0.489 e. The molecule has 2 aromatic carbocycles. The molecule has 0 bridgehead atoms. The number of carbonyl (C=O) groups is 1. The number of nitrogens with one attached hydrogen (secondary N) is 1. The molecule has 4 rings (SSSR count). The number of carbonyl (C=O) groups excluding carboxylic acids is 1. The van der Waals surface area contributed by atoms with Gasteiger partial charge in [-0.15, -0.1) is 0 Å². The van der Waals surface area contributed by atoms with Crippen LogP contribution in [-0.4, -0.2) is 28.9 Å². The molecular formula is C24H25N3O2. The molecule has 5 nitrogen and oxygen atoms in total. The molecule has 5 heteroatoms. The van der Waals surface area contributed by atoms with E-state index < -0.39 is 0 Å². The van der Waals surface area contributed by atoms with Gasteiger partial charge in [-0.25, -0.2) is 0 Å². The lowest BCUT2D eigenvalue weighted by atomic mass is 10.1.